The Bertz CT molecular complexity index is 927. The number of H-pyrrole nitrogens is 1. The van der Waals surface area contributed by atoms with E-state index in [0.29, 0.717) is 17.9 Å². The lowest BCUT2D eigenvalue weighted by Crippen LogP contribution is -2.17. The zero-order valence-electron chi connectivity index (χ0n) is 14.2. The van der Waals surface area contributed by atoms with Crippen LogP contribution in [0.5, 0.6) is 11.5 Å². The summed E-state index contributed by atoms with van der Waals surface area (Å²) in [7, 11) is 0. The van der Waals surface area contributed by atoms with E-state index in [2.05, 4.69) is 9.89 Å². The molecule has 1 atom stereocenters. The Hall–Kier alpha value is -3.16. The fourth-order valence-electron chi connectivity index (χ4n) is 2.56. The Morgan fingerprint density at radius 2 is 1.67 bits per heavy atom. The van der Waals surface area contributed by atoms with Gasteiger partial charge in [0.1, 0.15) is 11.5 Å². The summed E-state index contributed by atoms with van der Waals surface area (Å²) in [4.78, 5) is 11.1. The molecule has 142 valence electrons. The van der Waals surface area contributed by atoms with Crippen LogP contribution in [0.3, 0.4) is 0 Å². The van der Waals surface area contributed by atoms with Crippen LogP contribution in [0.4, 0.5) is 13.2 Å². The van der Waals surface area contributed by atoms with Crippen molar-refractivity contribution in [3.8, 4) is 22.8 Å². The van der Waals surface area contributed by atoms with Crippen molar-refractivity contribution < 1.29 is 27.2 Å². The average Bonchev–Trinajstić information content (AvgIpc) is 3.02. The molecular formula is C19H16F3NO4. The maximum absolute atomic E-state index is 12.2. The molecule has 0 fully saturated rings. The molecule has 8 heteroatoms. The third-order valence-electron chi connectivity index (χ3n) is 3.68. The second-order valence-electron chi connectivity index (χ2n) is 5.93. The first-order valence-electron chi connectivity index (χ1n) is 8.09. The number of halogens is 3. The molecule has 5 nitrogen and oxygen atoms in total. The quantitative estimate of drug-likeness (QED) is 0.683. The number of ether oxygens (including phenoxy) is 2. The first-order valence-corrected chi connectivity index (χ1v) is 8.09. The minimum absolute atomic E-state index is 0.199. The van der Waals surface area contributed by atoms with E-state index in [1.807, 2.05) is 6.92 Å². The molecule has 27 heavy (non-hydrogen) atoms. The molecule has 3 aromatic rings. The van der Waals surface area contributed by atoms with Gasteiger partial charge in [-0.2, -0.15) is 5.16 Å². The summed E-state index contributed by atoms with van der Waals surface area (Å²) >= 11 is 0. The van der Waals surface area contributed by atoms with E-state index < -0.39 is 6.36 Å². The second kappa shape index (κ2) is 7.61. The van der Waals surface area contributed by atoms with E-state index in [9.17, 15) is 18.0 Å². The predicted molar refractivity (Wildman–Crippen MR) is 91.7 cm³/mol. The van der Waals surface area contributed by atoms with Crippen molar-refractivity contribution in [1.29, 1.82) is 0 Å². The number of aromatic amines is 1. The van der Waals surface area contributed by atoms with Gasteiger partial charge in [0.05, 0.1) is 12.2 Å². The maximum Gasteiger partial charge on any atom is 0.573 e. The lowest BCUT2D eigenvalue weighted by Gasteiger charge is -2.15. The largest absolute Gasteiger partial charge is 0.573 e. The predicted octanol–water partition coefficient (Wildman–Crippen LogP) is 4.54. The minimum Gasteiger partial charge on any atom is -0.490 e. The summed E-state index contributed by atoms with van der Waals surface area (Å²) in [5.74, 6) is 0.800. The van der Waals surface area contributed by atoms with Crippen LogP contribution in [0.1, 0.15) is 12.5 Å². The van der Waals surface area contributed by atoms with Gasteiger partial charge in [0.2, 0.25) is 0 Å². The number of alkyl halides is 3. The Morgan fingerprint density at radius 3 is 2.22 bits per heavy atom. The normalized spacial score (nSPS) is 12.6. The molecule has 0 radical (unpaired) electrons. The van der Waals surface area contributed by atoms with Crippen molar-refractivity contribution >= 4 is 0 Å². The summed E-state index contributed by atoms with van der Waals surface area (Å²) in [6.07, 6.45) is -4.39. The molecule has 1 heterocycles. The topological polar surface area (TPSA) is 64.5 Å². The summed E-state index contributed by atoms with van der Waals surface area (Å²) in [5.41, 5.74) is 1.24. The maximum atomic E-state index is 12.2. The number of nitrogens with one attached hydrogen (secondary N) is 1. The molecule has 3 rings (SSSR count). The van der Waals surface area contributed by atoms with Crippen LogP contribution in [-0.4, -0.2) is 17.6 Å². The van der Waals surface area contributed by atoms with Gasteiger partial charge < -0.3 is 14.0 Å². The highest BCUT2D eigenvalue weighted by Crippen LogP contribution is 2.24. The Morgan fingerprint density at radius 1 is 1.04 bits per heavy atom. The second-order valence-corrected chi connectivity index (χ2v) is 5.93. The standard InChI is InChI=1S/C19H16F3NO4/c1-12(10-13-2-6-16(7-3-13)26-19(20,21)22)25-15-8-4-14(5-9-15)17-11-18(24)23-27-17/h2-9,11-12H,10H2,1H3,(H,23,24)/t12-/m1/s1. The molecule has 0 unspecified atom stereocenters. The molecule has 0 aliphatic carbocycles. The van der Waals surface area contributed by atoms with Gasteiger partial charge in [0.15, 0.2) is 5.76 Å². The highest BCUT2D eigenvalue weighted by Gasteiger charge is 2.30. The minimum atomic E-state index is -4.70. The van der Waals surface area contributed by atoms with Crippen molar-refractivity contribution in [3.05, 3.63) is 70.5 Å². The van der Waals surface area contributed by atoms with Gasteiger partial charge in [0, 0.05) is 12.0 Å². The van der Waals surface area contributed by atoms with Crippen LogP contribution in [0.2, 0.25) is 0 Å². The van der Waals surface area contributed by atoms with Crippen molar-refractivity contribution in [2.24, 2.45) is 0 Å². The number of rotatable bonds is 6. The van der Waals surface area contributed by atoms with Crippen molar-refractivity contribution in [3.63, 3.8) is 0 Å². The summed E-state index contributed by atoms with van der Waals surface area (Å²) in [6, 6.07) is 14.1. The van der Waals surface area contributed by atoms with E-state index in [1.165, 1.54) is 18.2 Å². The zero-order chi connectivity index (χ0) is 19.4. The Balaban J connectivity index is 1.57. The summed E-state index contributed by atoms with van der Waals surface area (Å²) in [5, 5.41) is 2.22. The van der Waals surface area contributed by atoms with Crippen LogP contribution < -0.4 is 15.0 Å². The van der Waals surface area contributed by atoms with Crippen LogP contribution in [0.15, 0.2) is 63.9 Å². The monoisotopic (exact) mass is 379 g/mol. The lowest BCUT2D eigenvalue weighted by molar-refractivity contribution is -0.274. The average molecular weight is 379 g/mol. The molecule has 2 aromatic carbocycles. The number of hydrogen-bond acceptors (Lipinski definition) is 4. The van der Waals surface area contributed by atoms with Crippen LogP contribution in [0, 0.1) is 0 Å². The van der Waals surface area contributed by atoms with Crippen LogP contribution in [-0.2, 0) is 6.42 Å². The van der Waals surface area contributed by atoms with Crippen molar-refractivity contribution in [2.75, 3.05) is 0 Å². The fourth-order valence-corrected chi connectivity index (χ4v) is 2.56. The molecular weight excluding hydrogens is 363 g/mol. The number of hydrogen-bond donors (Lipinski definition) is 1. The highest BCUT2D eigenvalue weighted by atomic mass is 19.4. The van der Waals surface area contributed by atoms with Crippen LogP contribution in [0.25, 0.3) is 11.3 Å². The first kappa shape index (κ1) is 18.6. The van der Waals surface area contributed by atoms with E-state index in [1.54, 1.807) is 36.4 Å². The third kappa shape index (κ3) is 5.40. The molecule has 0 amide bonds. The first-order chi connectivity index (χ1) is 12.8. The molecule has 0 aliphatic rings. The highest BCUT2D eigenvalue weighted by molar-refractivity contribution is 5.57. The molecule has 0 saturated heterocycles. The Kier molecular flexibility index (Phi) is 5.25. The summed E-state index contributed by atoms with van der Waals surface area (Å²) < 4.78 is 51.2. The smallest absolute Gasteiger partial charge is 0.490 e. The lowest BCUT2D eigenvalue weighted by atomic mass is 10.1. The van der Waals surface area contributed by atoms with Gasteiger partial charge in [-0.15, -0.1) is 13.2 Å². The van der Waals surface area contributed by atoms with Gasteiger partial charge in [-0.25, -0.2) is 0 Å². The van der Waals surface area contributed by atoms with E-state index in [0.717, 1.165) is 11.1 Å². The van der Waals surface area contributed by atoms with Gasteiger partial charge in [-0.05, 0) is 48.9 Å². The van der Waals surface area contributed by atoms with Gasteiger partial charge >= 0.3 is 6.36 Å². The number of aromatic nitrogens is 1. The molecule has 0 spiro atoms. The van der Waals surface area contributed by atoms with E-state index in [4.69, 9.17) is 9.26 Å². The molecule has 0 bridgehead atoms. The van der Waals surface area contributed by atoms with Gasteiger partial charge in [-0.1, -0.05) is 12.1 Å². The molecule has 0 aliphatic heterocycles. The fraction of sp³-hybridized carbons (Fsp3) is 0.211. The summed E-state index contributed by atoms with van der Waals surface area (Å²) in [6.45, 7) is 1.86. The number of benzene rings is 2. The van der Waals surface area contributed by atoms with Crippen LogP contribution >= 0.6 is 0 Å². The molecule has 0 saturated carbocycles. The zero-order valence-corrected chi connectivity index (χ0v) is 14.2. The van der Waals surface area contributed by atoms with Crippen molar-refractivity contribution in [2.45, 2.75) is 25.8 Å². The third-order valence-corrected chi connectivity index (χ3v) is 3.68. The Labute approximate surface area is 152 Å². The van der Waals surface area contributed by atoms with Crippen molar-refractivity contribution in [1.82, 2.24) is 5.16 Å². The molecule has 1 aromatic heterocycles. The molecule has 1 N–H and O–H groups in total. The van der Waals surface area contributed by atoms with E-state index in [-0.39, 0.29) is 17.4 Å². The van der Waals surface area contributed by atoms with Gasteiger partial charge in [0.25, 0.3) is 5.56 Å². The SMILES string of the molecule is C[C@H](Cc1ccc(OC(F)(F)F)cc1)Oc1ccc(-c2cc(=O)[nH]o2)cc1. The van der Waals surface area contributed by atoms with Gasteiger partial charge in [-0.3, -0.25) is 4.79 Å². The van der Waals surface area contributed by atoms with E-state index >= 15 is 0 Å².